The average Bonchev–Trinajstić information content (AvgIpc) is 2.69. The Morgan fingerprint density at radius 3 is 2.29 bits per heavy atom. The molecular weight excluding hydrogens is 344 g/mol. The molecule has 0 amide bonds. The van der Waals surface area contributed by atoms with Gasteiger partial charge in [-0.15, -0.1) is 0 Å². The Kier molecular flexibility index (Phi) is 3.41. The minimum atomic E-state index is -4.38. The van der Waals surface area contributed by atoms with Gasteiger partial charge < -0.3 is 0 Å². The molecule has 1 aromatic carbocycles. The van der Waals surface area contributed by atoms with Crippen LogP contribution in [0.5, 0.6) is 0 Å². The van der Waals surface area contributed by atoms with Crippen LogP contribution in [0, 0.1) is 3.57 Å². The summed E-state index contributed by atoms with van der Waals surface area (Å²) in [6.45, 7) is 0.340. The third-order valence-corrected chi connectivity index (χ3v) is 2.91. The van der Waals surface area contributed by atoms with Crippen molar-refractivity contribution in [3.8, 4) is 0 Å². The SMILES string of the molecule is FC(F)(F)c1ccn(Cc2ccc(I)cc2)n1. The summed E-state index contributed by atoms with van der Waals surface area (Å²) in [7, 11) is 0. The summed E-state index contributed by atoms with van der Waals surface area (Å²) in [5, 5.41) is 3.49. The van der Waals surface area contributed by atoms with Gasteiger partial charge in [-0.25, -0.2) is 0 Å². The van der Waals surface area contributed by atoms with Crippen LogP contribution in [-0.4, -0.2) is 9.78 Å². The van der Waals surface area contributed by atoms with Crippen molar-refractivity contribution in [1.82, 2.24) is 9.78 Å². The third kappa shape index (κ3) is 3.21. The molecule has 0 N–H and O–H groups in total. The summed E-state index contributed by atoms with van der Waals surface area (Å²) in [5.41, 5.74) is 0.0604. The van der Waals surface area contributed by atoms with Gasteiger partial charge in [-0.05, 0) is 46.4 Å². The molecule has 2 rings (SSSR count). The molecule has 0 fully saturated rings. The second-order valence-corrected chi connectivity index (χ2v) is 4.77. The maximum atomic E-state index is 12.3. The lowest BCUT2D eigenvalue weighted by molar-refractivity contribution is -0.141. The monoisotopic (exact) mass is 352 g/mol. The molecule has 0 unspecified atom stereocenters. The van der Waals surface area contributed by atoms with Gasteiger partial charge >= 0.3 is 6.18 Å². The maximum absolute atomic E-state index is 12.3. The van der Waals surface area contributed by atoms with Crippen LogP contribution in [-0.2, 0) is 12.7 Å². The molecule has 0 saturated carbocycles. The first-order valence-electron chi connectivity index (χ1n) is 4.80. The number of hydrogen-bond donors (Lipinski definition) is 0. The second-order valence-electron chi connectivity index (χ2n) is 3.52. The fourth-order valence-electron chi connectivity index (χ4n) is 1.38. The highest BCUT2D eigenvalue weighted by Crippen LogP contribution is 2.27. The van der Waals surface area contributed by atoms with Crippen molar-refractivity contribution in [1.29, 1.82) is 0 Å². The predicted octanol–water partition coefficient (Wildman–Crippen LogP) is 3.55. The van der Waals surface area contributed by atoms with Gasteiger partial charge in [0.05, 0.1) is 6.54 Å². The lowest BCUT2D eigenvalue weighted by Crippen LogP contribution is -2.08. The zero-order chi connectivity index (χ0) is 12.5. The minimum Gasteiger partial charge on any atom is -0.268 e. The molecule has 2 nitrogen and oxygen atoms in total. The Balaban J connectivity index is 2.14. The molecule has 0 saturated heterocycles. The van der Waals surface area contributed by atoms with Crippen molar-refractivity contribution >= 4 is 22.6 Å². The van der Waals surface area contributed by atoms with E-state index in [-0.39, 0.29) is 0 Å². The predicted molar refractivity (Wildman–Crippen MR) is 65.5 cm³/mol. The van der Waals surface area contributed by atoms with E-state index in [4.69, 9.17) is 0 Å². The number of nitrogens with zero attached hydrogens (tertiary/aromatic N) is 2. The van der Waals surface area contributed by atoms with Gasteiger partial charge in [0.1, 0.15) is 0 Å². The van der Waals surface area contributed by atoms with Crippen LogP contribution in [0.4, 0.5) is 13.2 Å². The molecule has 0 aliphatic rings. The Hall–Kier alpha value is -1.05. The van der Waals surface area contributed by atoms with E-state index in [1.54, 1.807) is 0 Å². The fraction of sp³-hybridized carbons (Fsp3) is 0.182. The summed E-state index contributed by atoms with van der Waals surface area (Å²) in [4.78, 5) is 0. The topological polar surface area (TPSA) is 17.8 Å². The minimum absolute atomic E-state index is 0.340. The first-order valence-corrected chi connectivity index (χ1v) is 5.88. The van der Waals surface area contributed by atoms with Crippen molar-refractivity contribution < 1.29 is 13.2 Å². The molecule has 0 aliphatic heterocycles. The Morgan fingerprint density at radius 1 is 1.12 bits per heavy atom. The first-order chi connectivity index (χ1) is 7.95. The maximum Gasteiger partial charge on any atom is 0.435 e. The smallest absolute Gasteiger partial charge is 0.268 e. The number of rotatable bonds is 2. The molecule has 1 heterocycles. The standard InChI is InChI=1S/C11H8F3IN2/c12-11(13,14)10-5-6-17(16-10)7-8-1-3-9(15)4-2-8/h1-6H,7H2. The number of benzene rings is 1. The lowest BCUT2D eigenvalue weighted by atomic mass is 10.2. The lowest BCUT2D eigenvalue weighted by Gasteiger charge is -2.03. The molecule has 6 heteroatoms. The Labute approximate surface area is 110 Å². The molecule has 1 aromatic heterocycles. The van der Waals surface area contributed by atoms with Crippen LogP contribution in [0.15, 0.2) is 36.5 Å². The normalized spacial score (nSPS) is 11.8. The van der Waals surface area contributed by atoms with Gasteiger partial charge in [0.25, 0.3) is 0 Å². The number of hydrogen-bond acceptors (Lipinski definition) is 1. The van der Waals surface area contributed by atoms with Gasteiger partial charge in [0.15, 0.2) is 5.69 Å². The highest BCUT2D eigenvalue weighted by molar-refractivity contribution is 14.1. The van der Waals surface area contributed by atoms with Crippen molar-refractivity contribution in [2.24, 2.45) is 0 Å². The first kappa shape index (κ1) is 12.4. The van der Waals surface area contributed by atoms with E-state index in [1.165, 1.54) is 10.9 Å². The average molecular weight is 352 g/mol. The van der Waals surface area contributed by atoms with Crippen LogP contribution in [0.25, 0.3) is 0 Å². The summed E-state index contributed by atoms with van der Waals surface area (Å²) in [5.74, 6) is 0. The molecule has 0 spiro atoms. The van der Waals surface area contributed by atoms with Gasteiger partial charge in [0, 0.05) is 9.77 Å². The highest BCUT2D eigenvalue weighted by Gasteiger charge is 2.33. The van der Waals surface area contributed by atoms with Crippen molar-refractivity contribution in [3.05, 3.63) is 51.4 Å². The molecule has 90 valence electrons. The fourth-order valence-corrected chi connectivity index (χ4v) is 1.74. The van der Waals surface area contributed by atoms with Crippen molar-refractivity contribution in [2.75, 3.05) is 0 Å². The molecule has 0 aliphatic carbocycles. The third-order valence-electron chi connectivity index (χ3n) is 2.19. The molecule has 17 heavy (non-hydrogen) atoms. The van der Waals surface area contributed by atoms with Crippen LogP contribution < -0.4 is 0 Å². The highest BCUT2D eigenvalue weighted by atomic mass is 127. The van der Waals surface area contributed by atoms with E-state index in [9.17, 15) is 13.2 Å². The Morgan fingerprint density at radius 2 is 1.76 bits per heavy atom. The number of alkyl halides is 3. The van der Waals surface area contributed by atoms with E-state index in [1.807, 2.05) is 24.3 Å². The second kappa shape index (κ2) is 4.67. The summed E-state index contributed by atoms with van der Waals surface area (Å²) < 4.78 is 39.3. The van der Waals surface area contributed by atoms with E-state index in [0.29, 0.717) is 6.54 Å². The van der Waals surface area contributed by atoms with Crippen molar-refractivity contribution in [3.63, 3.8) is 0 Å². The Bertz CT molecular complexity index is 502. The van der Waals surface area contributed by atoms with E-state index >= 15 is 0 Å². The van der Waals surface area contributed by atoms with Gasteiger partial charge in [-0.3, -0.25) is 4.68 Å². The molecular formula is C11H8F3IN2. The van der Waals surface area contributed by atoms with E-state index < -0.39 is 11.9 Å². The van der Waals surface area contributed by atoms with Crippen LogP contribution in [0.3, 0.4) is 0 Å². The number of aromatic nitrogens is 2. The van der Waals surface area contributed by atoms with Crippen LogP contribution >= 0.6 is 22.6 Å². The summed E-state index contributed by atoms with van der Waals surface area (Å²) in [6.07, 6.45) is -3.04. The molecule has 0 bridgehead atoms. The molecule has 0 atom stereocenters. The van der Waals surface area contributed by atoms with Gasteiger partial charge in [-0.1, -0.05) is 12.1 Å². The zero-order valence-electron chi connectivity index (χ0n) is 8.58. The van der Waals surface area contributed by atoms with Crippen LogP contribution in [0.1, 0.15) is 11.3 Å². The van der Waals surface area contributed by atoms with Gasteiger partial charge in [-0.2, -0.15) is 18.3 Å². The van der Waals surface area contributed by atoms with Crippen molar-refractivity contribution in [2.45, 2.75) is 12.7 Å². The molecule has 0 radical (unpaired) electrons. The van der Waals surface area contributed by atoms with E-state index in [0.717, 1.165) is 15.2 Å². The van der Waals surface area contributed by atoms with Crippen LogP contribution in [0.2, 0.25) is 0 Å². The zero-order valence-corrected chi connectivity index (χ0v) is 10.7. The largest absolute Gasteiger partial charge is 0.435 e. The van der Waals surface area contributed by atoms with Gasteiger partial charge in [0.2, 0.25) is 0 Å². The summed E-state index contributed by atoms with van der Waals surface area (Å²) >= 11 is 2.17. The quantitative estimate of drug-likeness (QED) is 0.756. The van der Waals surface area contributed by atoms with E-state index in [2.05, 4.69) is 27.7 Å². The number of halogens is 4. The summed E-state index contributed by atoms with van der Waals surface area (Å²) in [6, 6.07) is 8.54. The molecule has 2 aromatic rings.